The van der Waals surface area contributed by atoms with Gasteiger partial charge >= 0.3 is 0 Å². The Balaban J connectivity index is 1.55. The predicted octanol–water partition coefficient (Wildman–Crippen LogP) is 5.14. The number of amides is 1. The second-order valence-corrected chi connectivity index (χ2v) is 9.63. The molecule has 3 aliphatic heterocycles. The van der Waals surface area contributed by atoms with Crippen LogP contribution in [0.4, 0.5) is 11.4 Å². The first kappa shape index (κ1) is 21.6. The van der Waals surface area contributed by atoms with Crippen LogP contribution in [-0.4, -0.2) is 29.6 Å². The van der Waals surface area contributed by atoms with Gasteiger partial charge in [-0.1, -0.05) is 78.9 Å². The van der Waals surface area contributed by atoms with Crippen LogP contribution >= 0.6 is 0 Å². The number of benzene rings is 3. The van der Waals surface area contributed by atoms with Gasteiger partial charge in [0.25, 0.3) is 0 Å². The summed E-state index contributed by atoms with van der Waals surface area (Å²) in [6.45, 7) is 0. The normalized spacial score (nSPS) is 24.9. The molecule has 0 aliphatic carbocycles. The lowest BCUT2D eigenvalue weighted by Crippen LogP contribution is -2.51. The maximum Gasteiger partial charge on any atom is 0.238 e. The molecule has 0 radical (unpaired) electrons. The number of hydrogen-bond donors (Lipinski definition) is 1. The van der Waals surface area contributed by atoms with Crippen molar-refractivity contribution in [1.29, 1.82) is 0 Å². The fraction of sp³-hybridized carbons (Fsp3) is 0.129. The molecule has 3 aromatic carbocycles. The van der Waals surface area contributed by atoms with E-state index < -0.39 is 23.4 Å². The zero-order chi connectivity index (χ0) is 25.1. The molecule has 4 atom stereocenters. The van der Waals surface area contributed by atoms with Crippen molar-refractivity contribution in [1.82, 2.24) is 0 Å². The minimum Gasteiger partial charge on any atom is -0.461 e. The monoisotopic (exact) mass is 486 g/mol. The number of Topliss-reactive ketones (excluding diaryl/α,β-unsaturated/α-hetero) is 2. The minimum atomic E-state index is -1.33. The molecule has 1 aromatic heterocycles. The van der Waals surface area contributed by atoms with Crippen LogP contribution in [0.1, 0.15) is 32.0 Å². The van der Waals surface area contributed by atoms with Crippen molar-refractivity contribution in [3.05, 3.63) is 126 Å². The highest BCUT2D eigenvalue weighted by molar-refractivity contribution is 6.18. The second kappa shape index (κ2) is 7.90. The lowest BCUT2D eigenvalue weighted by molar-refractivity contribution is -0.121. The number of rotatable bonds is 4. The average Bonchev–Trinajstić information content (AvgIpc) is 3.65. The van der Waals surface area contributed by atoms with Crippen LogP contribution in [0.2, 0.25) is 0 Å². The summed E-state index contributed by atoms with van der Waals surface area (Å²) in [4.78, 5) is 44.9. The van der Waals surface area contributed by atoms with Gasteiger partial charge in [-0.2, -0.15) is 0 Å². The van der Waals surface area contributed by atoms with Crippen LogP contribution in [0.15, 0.2) is 108 Å². The third kappa shape index (κ3) is 2.84. The molecular formula is C31H22N2O4. The fourth-order valence-electron chi connectivity index (χ4n) is 6.46. The molecule has 0 unspecified atom stereocenters. The Hall–Kier alpha value is -4.71. The number of nitrogens with zero attached hydrogens (tertiary/aromatic N) is 1. The summed E-state index contributed by atoms with van der Waals surface area (Å²) in [6, 6.07) is 25.9. The van der Waals surface area contributed by atoms with Crippen molar-refractivity contribution in [2.24, 2.45) is 5.92 Å². The lowest BCUT2D eigenvalue weighted by Gasteiger charge is -2.37. The molecule has 6 heteroatoms. The SMILES string of the molecule is O=C(c1ccccc1)[C@@H]1[C@H](C(=O)c2ccco2)[C@@]2(C(=O)Nc3ccccc32)[C@H]2C=Cc3ccccc3N12. The van der Waals surface area contributed by atoms with Gasteiger partial charge in [0.05, 0.1) is 18.2 Å². The van der Waals surface area contributed by atoms with E-state index in [9.17, 15) is 14.4 Å². The number of furan rings is 1. The van der Waals surface area contributed by atoms with Crippen molar-refractivity contribution in [2.75, 3.05) is 10.2 Å². The molecule has 1 fully saturated rings. The molecule has 7 rings (SSSR count). The topological polar surface area (TPSA) is 79.6 Å². The van der Waals surface area contributed by atoms with Gasteiger partial charge in [-0.3, -0.25) is 14.4 Å². The van der Waals surface area contributed by atoms with E-state index >= 15 is 0 Å². The minimum absolute atomic E-state index is 0.129. The second-order valence-electron chi connectivity index (χ2n) is 9.63. The van der Waals surface area contributed by atoms with Crippen molar-refractivity contribution in [3.8, 4) is 0 Å². The molecule has 1 N–H and O–H groups in total. The number of para-hydroxylation sites is 2. The molecule has 1 spiro atoms. The van der Waals surface area contributed by atoms with Crippen LogP contribution in [0.3, 0.4) is 0 Å². The van der Waals surface area contributed by atoms with Gasteiger partial charge in [0.15, 0.2) is 11.5 Å². The maximum absolute atomic E-state index is 14.4. The van der Waals surface area contributed by atoms with Crippen LogP contribution in [0.25, 0.3) is 6.08 Å². The molecular weight excluding hydrogens is 464 g/mol. The molecule has 1 saturated heterocycles. The van der Waals surface area contributed by atoms with Crippen LogP contribution in [-0.2, 0) is 10.2 Å². The highest BCUT2D eigenvalue weighted by Crippen LogP contribution is 2.58. The van der Waals surface area contributed by atoms with E-state index in [1.54, 1.807) is 36.4 Å². The number of hydrogen-bond acceptors (Lipinski definition) is 5. The van der Waals surface area contributed by atoms with Gasteiger partial charge in [-0.15, -0.1) is 0 Å². The summed E-state index contributed by atoms with van der Waals surface area (Å²) in [5, 5.41) is 3.02. The Morgan fingerprint density at radius 1 is 0.838 bits per heavy atom. The number of ketones is 2. The van der Waals surface area contributed by atoms with Gasteiger partial charge < -0.3 is 14.6 Å². The Bertz CT molecular complexity index is 1590. The summed E-state index contributed by atoms with van der Waals surface area (Å²) in [7, 11) is 0. The summed E-state index contributed by atoms with van der Waals surface area (Å²) >= 11 is 0. The zero-order valence-corrected chi connectivity index (χ0v) is 19.7. The largest absolute Gasteiger partial charge is 0.461 e. The van der Waals surface area contributed by atoms with Crippen molar-refractivity contribution in [2.45, 2.75) is 17.5 Å². The van der Waals surface area contributed by atoms with E-state index in [2.05, 4.69) is 5.32 Å². The highest BCUT2D eigenvalue weighted by Gasteiger charge is 2.70. The van der Waals surface area contributed by atoms with E-state index in [1.807, 2.05) is 71.6 Å². The number of anilines is 2. The first-order chi connectivity index (χ1) is 18.1. The Morgan fingerprint density at radius 3 is 2.41 bits per heavy atom. The van der Waals surface area contributed by atoms with Crippen molar-refractivity contribution in [3.63, 3.8) is 0 Å². The van der Waals surface area contributed by atoms with Crippen LogP contribution in [0.5, 0.6) is 0 Å². The first-order valence-electron chi connectivity index (χ1n) is 12.3. The number of carbonyl (C=O) groups excluding carboxylic acids is 3. The lowest BCUT2D eigenvalue weighted by atomic mass is 9.64. The smallest absolute Gasteiger partial charge is 0.238 e. The van der Waals surface area contributed by atoms with Crippen LogP contribution < -0.4 is 10.2 Å². The highest BCUT2D eigenvalue weighted by atomic mass is 16.3. The number of nitrogens with one attached hydrogen (secondary N) is 1. The average molecular weight is 487 g/mol. The number of fused-ring (bicyclic) bond motifs is 6. The Labute approximate surface area is 213 Å². The summed E-state index contributed by atoms with van der Waals surface area (Å²) in [5.74, 6) is -1.78. The van der Waals surface area contributed by atoms with Gasteiger partial charge in [-0.05, 0) is 35.4 Å². The molecule has 37 heavy (non-hydrogen) atoms. The summed E-state index contributed by atoms with van der Waals surface area (Å²) in [5.41, 5.74) is 2.27. The van der Waals surface area contributed by atoms with Crippen molar-refractivity contribution < 1.29 is 18.8 Å². The number of carbonyl (C=O) groups is 3. The summed E-state index contributed by atoms with van der Waals surface area (Å²) in [6.07, 6.45) is 5.38. The predicted molar refractivity (Wildman–Crippen MR) is 140 cm³/mol. The Kier molecular flexibility index (Phi) is 4.60. The van der Waals surface area contributed by atoms with Gasteiger partial charge in [0, 0.05) is 16.9 Å². The maximum atomic E-state index is 14.4. The third-order valence-electron chi connectivity index (χ3n) is 7.92. The quantitative estimate of drug-likeness (QED) is 0.404. The molecule has 0 bridgehead atoms. The molecule has 3 aliphatic rings. The van der Waals surface area contributed by atoms with E-state index in [4.69, 9.17) is 4.42 Å². The molecule has 1 amide bonds. The molecule has 4 heterocycles. The van der Waals surface area contributed by atoms with E-state index in [-0.39, 0.29) is 23.2 Å². The summed E-state index contributed by atoms with van der Waals surface area (Å²) < 4.78 is 5.56. The standard InChI is InChI=1S/C31H22N2O4/c34-28(20-10-2-1-3-11-20)27-26(29(35)24-15-8-18-37-24)31(21-12-5-6-13-22(21)32-30(31)36)25-17-16-19-9-4-7-14-23(19)33(25)27/h1-18,25-27H,(H,32,36)/t25-,26-,27+,31+/m1/s1. The van der Waals surface area contributed by atoms with E-state index in [0.29, 0.717) is 16.8 Å². The first-order valence-corrected chi connectivity index (χ1v) is 12.3. The van der Waals surface area contributed by atoms with E-state index in [1.165, 1.54) is 6.26 Å². The van der Waals surface area contributed by atoms with Gasteiger partial charge in [0.2, 0.25) is 11.7 Å². The Morgan fingerprint density at radius 2 is 1.59 bits per heavy atom. The molecule has 180 valence electrons. The van der Waals surface area contributed by atoms with E-state index in [0.717, 1.165) is 11.3 Å². The van der Waals surface area contributed by atoms with Gasteiger partial charge in [0.1, 0.15) is 11.5 Å². The molecule has 4 aromatic rings. The van der Waals surface area contributed by atoms with Crippen molar-refractivity contribution >= 4 is 34.9 Å². The fourth-order valence-corrected chi connectivity index (χ4v) is 6.46. The molecule has 6 nitrogen and oxygen atoms in total. The van der Waals surface area contributed by atoms with Crippen LogP contribution in [0, 0.1) is 5.92 Å². The van der Waals surface area contributed by atoms with Gasteiger partial charge in [-0.25, -0.2) is 0 Å². The molecule has 0 saturated carbocycles. The zero-order valence-electron chi connectivity index (χ0n) is 19.7. The third-order valence-corrected chi connectivity index (χ3v) is 7.92.